The number of esters is 1. The second-order valence-corrected chi connectivity index (χ2v) is 4.63. The zero-order valence-electron chi connectivity index (χ0n) is 12.3. The third-order valence-electron chi connectivity index (χ3n) is 3.45. The van der Waals surface area contributed by atoms with Gasteiger partial charge in [-0.25, -0.2) is 4.79 Å². The predicted octanol–water partition coefficient (Wildman–Crippen LogP) is 1.83. The number of amides is 1. The summed E-state index contributed by atoms with van der Waals surface area (Å²) < 4.78 is 9.99. The van der Waals surface area contributed by atoms with Crippen molar-refractivity contribution >= 4 is 11.9 Å². The molecule has 0 saturated heterocycles. The number of benzene rings is 1. The molecular weight excluding hydrogens is 258 g/mol. The Morgan fingerprint density at radius 1 is 1.25 bits per heavy atom. The molecule has 0 radical (unpaired) electrons. The number of rotatable bonds is 6. The SMILES string of the molecule is CC[C@](C)(OC)C(=O)N[C@@H](C(=O)OC)c1ccccc1. The summed E-state index contributed by atoms with van der Waals surface area (Å²) in [6.07, 6.45) is 0.498. The van der Waals surface area contributed by atoms with Crippen molar-refractivity contribution in [3.63, 3.8) is 0 Å². The summed E-state index contributed by atoms with van der Waals surface area (Å²) >= 11 is 0. The summed E-state index contributed by atoms with van der Waals surface area (Å²) in [7, 11) is 2.76. The van der Waals surface area contributed by atoms with Crippen LogP contribution in [0.15, 0.2) is 30.3 Å². The van der Waals surface area contributed by atoms with E-state index in [9.17, 15) is 9.59 Å². The number of nitrogens with one attached hydrogen (secondary N) is 1. The van der Waals surface area contributed by atoms with Gasteiger partial charge in [0.25, 0.3) is 5.91 Å². The highest BCUT2D eigenvalue weighted by Crippen LogP contribution is 2.19. The molecule has 0 saturated carbocycles. The Bertz CT molecular complexity index is 454. The van der Waals surface area contributed by atoms with Crippen molar-refractivity contribution in [1.29, 1.82) is 0 Å². The van der Waals surface area contributed by atoms with Crippen LogP contribution in [-0.4, -0.2) is 31.7 Å². The van der Waals surface area contributed by atoms with Crippen LogP contribution in [0.25, 0.3) is 0 Å². The summed E-state index contributed by atoms with van der Waals surface area (Å²) in [6, 6.07) is 8.12. The van der Waals surface area contributed by atoms with Gasteiger partial charge in [0.1, 0.15) is 5.60 Å². The topological polar surface area (TPSA) is 64.6 Å². The van der Waals surface area contributed by atoms with E-state index in [4.69, 9.17) is 9.47 Å². The highest BCUT2D eigenvalue weighted by molar-refractivity contribution is 5.90. The zero-order chi connectivity index (χ0) is 15.2. The van der Waals surface area contributed by atoms with E-state index in [1.165, 1.54) is 14.2 Å². The Kier molecular flexibility index (Phi) is 5.70. The molecule has 1 amide bonds. The average Bonchev–Trinajstić information content (AvgIpc) is 2.51. The smallest absolute Gasteiger partial charge is 0.333 e. The molecular formula is C15H21NO4. The Morgan fingerprint density at radius 3 is 2.30 bits per heavy atom. The third-order valence-corrected chi connectivity index (χ3v) is 3.45. The van der Waals surface area contributed by atoms with E-state index in [-0.39, 0.29) is 5.91 Å². The van der Waals surface area contributed by atoms with Crippen LogP contribution < -0.4 is 5.32 Å². The van der Waals surface area contributed by atoms with Gasteiger partial charge in [0.05, 0.1) is 7.11 Å². The minimum Gasteiger partial charge on any atom is -0.467 e. The van der Waals surface area contributed by atoms with Crippen LogP contribution in [0.5, 0.6) is 0 Å². The zero-order valence-corrected chi connectivity index (χ0v) is 12.3. The fraction of sp³-hybridized carbons (Fsp3) is 0.467. The van der Waals surface area contributed by atoms with Crippen LogP contribution in [-0.2, 0) is 19.1 Å². The van der Waals surface area contributed by atoms with Gasteiger partial charge in [-0.1, -0.05) is 37.3 Å². The van der Waals surface area contributed by atoms with Gasteiger partial charge in [-0.3, -0.25) is 4.79 Å². The quantitative estimate of drug-likeness (QED) is 0.807. The van der Waals surface area contributed by atoms with Gasteiger partial charge < -0.3 is 14.8 Å². The number of hydrogen-bond acceptors (Lipinski definition) is 4. The lowest BCUT2D eigenvalue weighted by Gasteiger charge is -2.27. The minimum absolute atomic E-state index is 0.346. The van der Waals surface area contributed by atoms with Gasteiger partial charge >= 0.3 is 5.97 Å². The first kappa shape index (κ1) is 16.2. The third kappa shape index (κ3) is 3.57. The second-order valence-electron chi connectivity index (χ2n) is 4.63. The normalized spacial score (nSPS) is 15.0. The lowest BCUT2D eigenvalue weighted by atomic mass is 10.00. The van der Waals surface area contributed by atoms with E-state index in [0.717, 1.165) is 0 Å². The van der Waals surface area contributed by atoms with Crippen LogP contribution in [0.1, 0.15) is 31.9 Å². The van der Waals surface area contributed by atoms with Crippen molar-refractivity contribution in [1.82, 2.24) is 5.32 Å². The molecule has 1 rings (SSSR count). The van der Waals surface area contributed by atoms with Crippen molar-refractivity contribution < 1.29 is 19.1 Å². The van der Waals surface area contributed by atoms with E-state index in [0.29, 0.717) is 12.0 Å². The molecule has 5 nitrogen and oxygen atoms in total. The molecule has 2 atom stereocenters. The number of hydrogen-bond donors (Lipinski definition) is 1. The van der Waals surface area contributed by atoms with Crippen molar-refractivity contribution in [2.45, 2.75) is 31.9 Å². The number of carbonyl (C=O) groups excluding carboxylic acids is 2. The van der Waals surface area contributed by atoms with E-state index in [1.54, 1.807) is 31.2 Å². The molecule has 0 fully saturated rings. The maximum atomic E-state index is 12.3. The highest BCUT2D eigenvalue weighted by Gasteiger charge is 2.34. The molecule has 0 spiro atoms. The first-order chi connectivity index (χ1) is 9.48. The Labute approximate surface area is 119 Å². The molecule has 0 aliphatic carbocycles. The second kappa shape index (κ2) is 7.05. The summed E-state index contributed by atoms with van der Waals surface area (Å²) in [5.74, 6) is -0.860. The summed E-state index contributed by atoms with van der Waals surface area (Å²) in [6.45, 7) is 3.53. The monoisotopic (exact) mass is 279 g/mol. The molecule has 20 heavy (non-hydrogen) atoms. The van der Waals surface area contributed by atoms with Gasteiger partial charge in [0.2, 0.25) is 0 Å². The molecule has 1 N–H and O–H groups in total. The average molecular weight is 279 g/mol. The van der Waals surface area contributed by atoms with Crippen molar-refractivity contribution in [2.24, 2.45) is 0 Å². The molecule has 0 unspecified atom stereocenters. The Hall–Kier alpha value is -1.88. The summed E-state index contributed by atoms with van der Waals surface area (Å²) in [4.78, 5) is 24.2. The van der Waals surface area contributed by atoms with Crippen LogP contribution in [0, 0.1) is 0 Å². The van der Waals surface area contributed by atoms with Crippen molar-refractivity contribution in [2.75, 3.05) is 14.2 Å². The standard InChI is InChI=1S/C15H21NO4/c1-5-15(2,20-4)14(18)16-12(13(17)19-3)11-9-7-6-8-10-11/h6-10,12H,5H2,1-4H3,(H,16,18)/t12-,15+/m1/s1. The first-order valence-corrected chi connectivity index (χ1v) is 6.47. The van der Waals surface area contributed by atoms with E-state index >= 15 is 0 Å². The Morgan fingerprint density at radius 2 is 1.85 bits per heavy atom. The first-order valence-electron chi connectivity index (χ1n) is 6.47. The molecule has 1 aromatic rings. The lowest BCUT2D eigenvalue weighted by molar-refractivity contribution is -0.150. The molecule has 0 aliphatic rings. The van der Waals surface area contributed by atoms with Gasteiger partial charge in [-0.05, 0) is 18.9 Å². The lowest BCUT2D eigenvalue weighted by Crippen LogP contribution is -2.48. The number of carbonyl (C=O) groups is 2. The van der Waals surface area contributed by atoms with Gasteiger partial charge in [-0.15, -0.1) is 0 Å². The van der Waals surface area contributed by atoms with Crippen molar-refractivity contribution in [3.05, 3.63) is 35.9 Å². The molecule has 5 heteroatoms. The van der Waals surface area contributed by atoms with Crippen LogP contribution in [0.3, 0.4) is 0 Å². The van der Waals surface area contributed by atoms with Crippen molar-refractivity contribution in [3.8, 4) is 0 Å². The fourth-order valence-electron chi connectivity index (χ4n) is 1.72. The maximum absolute atomic E-state index is 12.3. The summed E-state index contributed by atoms with van der Waals surface area (Å²) in [5, 5.41) is 2.69. The molecule has 0 aromatic heterocycles. The molecule has 1 aromatic carbocycles. The molecule has 0 aliphatic heterocycles. The maximum Gasteiger partial charge on any atom is 0.333 e. The van der Waals surface area contributed by atoms with Gasteiger partial charge in [0.15, 0.2) is 6.04 Å². The van der Waals surface area contributed by atoms with E-state index < -0.39 is 17.6 Å². The molecule has 0 heterocycles. The van der Waals surface area contributed by atoms with Gasteiger partial charge in [-0.2, -0.15) is 0 Å². The molecule has 0 bridgehead atoms. The summed E-state index contributed by atoms with van der Waals surface area (Å²) in [5.41, 5.74) is -0.302. The Balaban J connectivity index is 2.98. The molecule has 110 valence electrons. The minimum atomic E-state index is -0.971. The van der Waals surface area contributed by atoms with E-state index in [2.05, 4.69) is 5.32 Å². The van der Waals surface area contributed by atoms with Gasteiger partial charge in [0, 0.05) is 7.11 Å². The fourth-order valence-corrected chi connectivity index (χ4v) is 1.72. The van der Waals surface area contributed by atoms with Crippen LogP contribution in [0.4, 0.5) is 0 Å². The van der Waals surface area contributed by atoms with E-state index in [1.807, 2.05) is 13.0 Å². The van der Waals surface area contributed by atoms with Crippen LogP contribution in [0.2, 0.25) is 0 Å². The predicted molar refractivity (Wildman–Crippen MR) is 75.0 cm³/mol. The number of methoxy groups -OCH3 is 2. The highest BCUT2D eigenvalue weighted by atomic mass is 16.5. The number of ether oxygens (including phenoxy) is 2. The van der Waals surface area contributed by atoms with Crippen LogP contribution >= 0.6 is 0 Å². The largest absolute Gasteiger partial charge is 0.467 e.